The van der Waals surface area contributed by atoms with Gasteiger partial charge in [-0.15, -0.1) is 11.8 Å². The van der Waals surface area contributed by atoms with Crippen LogP contribution in [0.25, 0.3) is 0 Å². The van der Waals surface area contributed by atoms with E-state index in [1.54, 1.807) is 11.8 Å². The van der Waals surface area contributed by atoms with Crippen molar-refractivity contribution < 1.29 is 0 Å². The molecule has 0 unspecified atom stereocenters. The summed E-state index contributed by atoms with van der Waals surface area (Å²) in [4.78, 5) is 10.1. The Balaban J connectivity index is 2.16. The lowest BCUT2D eigenvalue weighted by atomic mass is 10.2. The number of hydrogen-bond acceptors (Lipinski definition) is 5. The quantitative estimate of drug-likeness (QED) is 0.502. The number of nitrogens with one attached hydrogen (secondary N) is 1. The van der Waals surface area contributed by atoms with Gasteiger partial charge in [0, 0.05) is 21.2 Å². The lowest BCUT2D eigenvalue weighted by molar-refractivity contribution is 0.935. The summed E-state index contributed by atoms with van der Waals surface area (Å²) in [6.07, 6.45) is 0.854. The van der Waals surface area contributed by atoms with E-state index in [4.69, 9.17) is 17.4 Å². The molecule has 1 aromatic heterocycles. The molecule has 0 aliphatic heterocycles. The van der Waals surface area contributed by atoms with Crippen molar-refractivity contribution >= 4 is 29.2 Å². The SMILES string of the molecule is CCc1c(C)nc(CSc2cccc(Cl)c2)nc1NN. The minimum atomic E-state index is 0.680. The third kappa shape index (κ3) is 3.62. The molecule has 4 nitrogen and oxygen atoms in total. The minimum Gasteiger partial charge on any atom is -0.308 e. The van der Waals surface area contributed by atoms with Crippen LogP contribution in [0.4, 0.5) is 5.82 Å². The van der Waals surface area contributed by atoms with Gasteiger partial charge in [0.25, 0.3) is 0 Å². The summed E-state index contributed by atoms with van der Waals surface area (Å²) in [7, 11) is 0. The Morgan fingerprint density at radius 2 is 2.15 bits per heavy atom. The van der Waals surface area contributed by atoms with Gasteiger partial charge >= 0.3 is 0 Å². The van der Waals surface area contributed by atoms with Gasteiger partial charge in [0.05, 0.1) is 5.75 Å². The second-order valence-electron chi connectivity index (χ2n) is 4.30. The molecule has 0 amide bonds. The second kappa shape index (κ2) is 6.92. The molecular weight excluding hydrogens is 292 g/mol. The van der Waals surface area contributed by atoms with Crippen LogP contribution in [0.15, 0.2) is 29.2 Å². The zero-order valence-corrected chi connectivity index (χ0v) is 13.1. The Bertz CT molecular complexity index is 604. The van der Waals surface area contributed by atoms with Crippen LogP contribution >= 0.6 is 23.4 Å². The summed E-state index contributed by atoms with van der Waals surface area (Å²) in [6, 6.07) is 7.75. The number of thioether (sulfide) groups is 1. The van der Waals surface area contributed by atoms with Crippen molar-refractivity contribution in [3.63, 3.8) is 0 Å². The first-order chi connectivity index (χ1) is 9.63. The molecule has 0 saturated heterocycles. The van der Waals surface area contributed by atoms with E-state index in [1.165, 1.54) is 0 Å². The van der Waals surface area contributed by atoms with Crippen molar-refractivity contribution in [1.82, 2.24) is 9.97 Å². The third-order valence-electron chi connectivity index (χ3n) is 2.91. The summed E-state index contributed by atoms with van der Waals surface area (Å²) in [5, 5.41) is 0.734. The zero-order chi connectivity index (χ0) is 14.5. The molecule has 0 spiro atoms. The molecule has 0 fully saturated rings. The predicted molar refractivity (Wildman–Crippen MR) is 85.0 cm³/mol. The van der Waals surface area contributed by atoms with Crippen LogP contribution in [0, 0.1) is 6.92 Å². The van der Waals surface area contributed by atoms with E-state index in [1.807, 2.05) is 31.2 Å². The van der Waals surface area contributed by atoms with Crippen LogP contribution in [-0.4, -0.2) is 9.97 Å². The number of nitrogens with two attached hydrogens (primary N) is 1. The average molecular weight is 309 g/mol. The van der Waals surface area contributed by atoms with Gasteiger partial charge in [-0.2, -0.15) is 0 Å². The van der Waals surface area contributed by atoms with Crippen LogP contribution in [0.3, 0.4) is 0 Å². The van der Waals surface area contributed by atoms with Gasteiger partial charge < -0.3 is 5.43 Å². The molecule has 3 N–H and O–H groups in total. The first-order valence-corrected chi connectivity index (χ1v) is 7.71. The molecule has 0 aliphatic rings. The first-order valence-electron chi connectivity index (χ1n) is 6.35. The molecule has 1 heterocycles. The van der Waals surface area contributed by atoms with Crippen LogP contribution < -0.4 is 11.3 Å². The smallest absolute Gasteiger partial charge is 0.147 e. The summed E-state index contributed by atoms with van der Waals surface area (Å²) in [5.41, 5.74) is 4.68. The number of hydrazine groups is 1. The van der Waals surface area contributed by atoms with Gasteiger partial charge in [0.1, 0.15) is 11.6 Å². The predicted octanol–water partition coefficient (Wildman–Crippen LogP) is 3.58. The fraction of sp³-hybridized carbons (Fsp3) is 0.286. The van der Waals surface area contributed by atoms with Gasteiger partial charge in [-0.3, -0.25) is 0 Å². The van der Waals surface area contributed by atoms with Gasteiger partial charge in [-0.05, 0) is 31.5 Å². The number of nitrogens with zero attached hydrogens (tertiary/aromatic N) is 2. The Labute approximate surface area is 128 Å². The van der Waals surface area contributed by atoms with Crippen LogP contribution in [-0.2, 0) is 12.2 Å². The molecule has 2 aromatic rings. The van der Waals surface area contributed by atoms with Crippen molar-refractivity contribution in [2.45, 2.75) is 30.9 Å². The molecule has 0 saturated carbocycles. The van der Waals surface area contributed by atoms with Gasteiger partial charge in [-0.1, -0.05) is 24.6 Å². The van der Waals surface area contributed by atoms with Crippen molar-refractivity contribution in [3.05, 3.63) is 46.4 Å². The number of hydrogen-bond donors (Lipinski definition) is 2. The molecule has 1 aromatic carbocycles. The summed E-state index contributed by atoms with van der Waals surface area (Å²) in [6.45, 7) is 4.04. The first kappa shape index (κ1) is 15.1. The largest absolute Gasteiger partial charge is 0.308 e. The maximum atomic E-state index is 5.97. The van der Waals surface area contributed by atoms with Crippen molar-refractivity contribution in [1.29, 1.82) is 0 Å². The van der Waals surface area contributed by atoms with E-state index in [0.717, 1.165) is 33.4 Å². The van der Waals surface area contributed by atoms with Crippen LogP contribution in [0.2, 0.25) is 5.02 Å². The average Bonchev–Trinajstić information content (AvgIpc) is 2.44. The standard InChI is InChI=1S/C14H17ClN4S/c1-3-12-9(2)17-13(18-14(12)19-16)8-20-11-6-4-5-10(15)7-11/h4-7H,3,8,16H2,1-2H3,(H,17,18,19). The summed E-state index contributed by atoms with van der Waals surface area (Å²) >= 11 is 7.62. The van der Waals surface area contributed by atoms with Crippen LogP contribution in [0.1, 0.15) is 24.0 Å². The number of aryl methyl sites for hydroxylation is 1. The topological polar surface area (TPSA) is 63.8 Å². The highest BCUT2D eigenvalue weighted by Crippen LogP contribution is 2.25. The monoisotopic (exact) mass is 308 g/mol. The second-order valence-corrected chi connectivity index (χ2v) is 5.78. The maximum Gasteiger partial charge on any atom is 0.147 e. The van der Waals surface area contributed by atoms with Crippen LogP contribution in [0.5, 0.6) is 0 Å². The van der Waals surface area contributed by atoms with Crippen molar-refractivity contribution in [2.75, 3.05) is 5.43 Å². The number of benzene rings is 1. The molecule has 0 radical (unpaired) electrons. The lowest BCUT2D eigenvalue weighted by Gasteiger charge is -2.11. The third-order valence-corrected chi connectivity index (χ3v) is 4.14. The fourth-order valence-corrected chi connectivity index (χ4v) is 3.03. The fourth-order valence-electron chi connectivity index (χ4n) is 1.97. The normalized spacial score (nSPS) is 10.6. The lowest BCUT2D eigenvalue weighted by Crippen LogP contribution is -2.14. The van der Waals surface area contributed by atoms with E-state index < -0.39 is 0 Å². The highest BCUT2D eigenvalue weighted by atomic mass is 35.5. The molecule has 2 rings (SSSR count). The maximum absolute atomic E-state index is 5.97. The van der Waals surface area contributed by atoms with E-state index >= 15 is 0 Å². The van der Waals surface area contributed by atoms with E-state index in [0.29, 0.717) is 11.6 Å². The summed E-state index contributed by atoms with van der Waals surface area (Å²) in [5.74, 6) is 7.68. The summed E-state index contributed by atoms with van der Waals surface area (Å²) < 4.78 is 0. The number of rotatable bonds is 5. The highest BCUT2D eigenvalue weighted by Gasteiger charge is 2.09. The molecule has 0 atom stereocenters. The minimum absolute atomic E-state index is 0.680. The Morgan fingerprint density at radius 3 is 2.80 bits per heavy atom. The Morgan fingerprint density at radius 1 is 1.35 bits per heavy atom. The van der Waals surface area contributed by atoms with E-state index in [-0.39, 0.29) is 0 Å². The molecular formula is C14H17ClN4S. The van der Waals surface area contributed by atoms with Crippen molar-refractivity contribution in [3.8, 4) is 0 Å². The van der Waals surface area contributed by atoms with Gasteiger partial charge in [-0.25, -0.2) is 15.8 Å². The number of halogens is 1. The highest BCUT2D eigenvalue weighted by molar-refractivity contribution is 7.98. The Kier molecular flexibility index (Phi) is 5.23. The number of aromatic nitrogens is 2. The molecule has 20 heavy (non-hydrogen) atoms. The number of nitrogen functional groups attached to an aromatic ring is 1. The molecule has 0 bridgehead atoms. The molecule has 0 aliphatic carbocycles. The molecule has 6 heteroatoms. The Hall–Kier alpha value is -1.30. The van der Waals surface area contributed by atoms with E-state index in [9.17, 15) is 0 Å². The van der Waals surface area contributed by atoms with Gasteiger partial charge in [0.2, 0.25) is 0 Å². The zero-order valence-electron chi connectivity index (χ0n) is 11.5. The van der Waals surface area contributed by atoms with E-state index in [2.05, 4.69) is 22.3 Å². The number of anilines is 1. The molecule has 106 valence electrons. The van der Waals surface area contributed by atoms with Gasteiger partial charge in [0.15, 0.2) is 0 Å². The van der Waals surface area contributed by atoms with Crippen molar-refractivity contribution in [2.24, 2.45) is 5.84 Å².